The fraction of sp³-hybridized carbons (Fsp3) is 0.533. The summed E-state index contributed by atoms with van der Waals surface area (Å²) in [6, 6.07) is 5.66. The van der Waals surface area contributed by atoms with Crippen LogP contribution in [0, 0.1) is 12.8 Å². The van der Waals surface area contributed by atoms with Crippen LogP contribution in [0.25, 0.3) is 0 Å². The molecule has 1 aliphatic rings. The molecule has 1 saturated heterocycles. The fourth-order valence-electron chi connectivity index (χ4n) is 2.64. The van der Waals surface area contributed by atoms with Crippen molar-refractivity contribution in [3.05, 3.63) is 28.8 Å². The van der Waals surface area contributed by atoms with Crippen LogP contribution in [-0.2, 0) is 4.79 Å². The Bertz CT molecular complexity index is 548. The van der Waals surface area contributed by atoms with Gasteiger partial charge in [-0.15, -0.1) is 0 Å². The molecule has 1 atom stereocenters. The predicted molar refractivity (Wildman–Crippen MR) is 80.2 cm³/mol. The van der Waals surface area contributed by atoms with Gasteiger partial charge in [0.15, 0.2) is 0 Å². The van der Waals surface area contributed by atoms with Gasteiger partial charge in [-0.3, -0.25) is 4.79 Å². The number of hydrogen-bond donors (Lipinski definition) is 1. The van der Waals surface area contributed by atoms with Crippen LogP contribution in [0.5, 0.6) is 0 Å². The van der Waals surface area contributed by atoms with Crippen LogP contribution in [-0.4, -0.2) is 31.7 Å². The highest BCUT2D eigenvalue weighted by molar-refractivity contribution is 6.30. The number of hydrogen-bond acceptors (Lipinski definition) is 2. The maximum atomic E-state index is 12.1. The molecule has 0 bridgehead atoms. The van der Waals surface area contributed by atoms with Crippen LogP contribution >= 0.6 is 11.6 Å². The van der Waals surface area contributed by atoms with E-state index < -0.39 is 18.5 Å². The molecular formula is C15H18ClF3N2O. The standard InChI is InChI=1S/C15H18ClF3N2O/c1-10-2-3-12(16)6-13(10)21-5-4-11(9-21)8-20-14(22)7-15(17,18)19/h2-3,6,11H,4-5,7-9H2,1H3,(H,20,22)/t11-/m0/s1. The lowest BCUT2D eigenvalue weighted by Gasteiger charge is -2.21. The van der Waals surface area contributed by atoms with Crippen molar-refractivity contribution in [1.82, 2.24) is 5.32 Å². The van der Waals surface area contributed by atoms with Crippen LogP contribution in [0.3, 0.4) is 0 Å². The summed E-state index contributed by atoms with van der Waals surface area (Å²) >= 11 is 6.01. The first-order valence-corrected chi connectivity index (χ1v) is 7.47. The molecule has 1 N–H and O–H groups in total. The number of carbonyl (C=O) groups excluding carboxylic acids is 1. The lowest BCUT2D eigenvalue weighted by atomic mass is 10.1. The van der Waals surface area contributed by atoms with E-state index in [0.717, 1.165) is 24.2 Å². The molecule has 0 spiro atoms. The highest BCUT2D eigenvalue weighted by atomic mass is 35.5. The van der Waals surface area contributed by atoms with Gasteiger partial charge in [0.1, 0.15) is 6.42 Å². The molecule has 2 rings (SSSR count). The van der Waals surface area contributed by atoms with Gasteiger partial charge in [0.05, 0.1) is 0 Å². The zero-order valence-corrected chi connectivity index (χ0v) is 13.0. The van der Waals surface area contributed by atoms with Gasteiger partial charge in [-0.2, -0.15) is 13.2 Å². The number of rotatable bonds is 4. The molecule has 7 heteroatoms. The van der Waals surface area contributed by atoms with E-state index in [2.05, 4.69) is 10.2 Å². The van der Waals surface area contributed by atoms with E-state index in [9.17, 15) is 18.0 Å². The Kier molecular flexibility index (Phi) is 5.21. The summed E-state index contributed by atoms with van der Waals surface area (Å²) in [5.41, 5.74) is 2.14. The Morgan fingerprint density at radius 2 is 2.18 bits per heavy atom. The third-order valence-electron chi connectivity index (χ3n) is 3.75. The fourth-order valence-corrected chi connectivity index (χ4v) is 2.81. The number of amides is 1. The van der Waals surface area contributed by atoms with E-state index in [1.54, 1.807) is 0 Å². The normalized spacial score (nSPS) is 18.6. The molecule has 0 aliphatic carbocycles. The minimum Gasteiger partial charge on any atom is -0.371 e. The number of alkyl halides is 3. The second-order valence-corrected chi connectivity index (χ2v) is 6.06. The van der Waals surface area contributed by atoms with E-state index in [1.807, 2.05) is 25.1 Å². The van der Waals surface area contributed by atoms with E-state index in [0.29, 0.717) is 11.6 Å². The zero-order valence-electron chi connectivity index (χ0n) is 12.2. The molecule has 22 heavy (non-hydrogen) atoms. The lowest BCUT2D eigenvalue weighted by Crippen LogP contribution is -2.33. The van der Waals surface area contributed by atoms with Crippen LogP contribution in [0.4, 0.5) is 18.9 Å². The summed E-state index contributed by atoms with van der Waals surface area (Å²) in [5, 5.41) is 3.02. The number of carbonyl (C=O) groups is 1. The number of anilines is 1. The van der Waals surface area contributed by atoms with Crippen molar-refractivity contribution in [2.75, 3.05) is 24.5 Å². The molecule has 3 nitrogen and oxygen atoms in total. The van der Waals surface area contributed by atoms with Gasteiger partial charge in [-0.1, -0.05) is 17.7 Å². The molecule has 1 aliphatic heterocycles. The summed E-state index contributed by atoms with van der Waals surface area (Å²) in [6.07, 6.45) is -5.04. The lowest BCUT2D eigenvalue weighted by molar-refractivity contribution is -0.153. The summed E-state index contributed by atoms with van der Waals surface area (Å²) in [4.78, 5) is 13.4. The van der Waals surface area contributed by atoms with Crippen LogP contribution < -0.4 is 10.2 Å². The third-order valence-corrected chi connectivity index (χ3v) is 3.98. The second-order valence-electron chi connectivity index (χ2n) is 5.63. The third kappa shape index (κ3) is 4.80. The quantitative estimate of drug-likeness (QED) is 0.913. The molecule has 122 valence electrons. The average molecular weight is 335 g/mol. The highest BCUT2D eigenvalue weighted by Gasteiger charge is 2.31. The minimum atomic E-state index is -4.45. The number of nitrogens with zero attached hydrogens (tertiary/aromatic N) is 1. The molecule has 1 heterocycles. The van der Waals surface area contributed by atoms with Gasteiger partial charge in [0.25, 0.3) is 0 Å². The van der Waals surface area contributed by atoms with Gasteiger partial charge < -0.3 is 10.2 Å². The molecule has 0 unspecified atom stereocenters. The van der Waals surface area contributed by atoms with Crippen molar-refractivity contribution in [3.63, 3.8) is 0 Å². The zero-order chi connectivity index (χ0) is 16.3. The van der Waals surface area contributed by atoms with E-state index in [1.165, 1.54) is 0 Å². The van der Waals surface area contributed by atoms with E-state index in [-0.39, 0.29) is 12.5 Å². The highest BCUT2D eigenvalue weighted by Crippen LogP contribution is 2.29. The summed E-state index contributed by atoms with van der Waals surface area (Å²) < 4.78 is 36.3. The van der Waals surface area contributed by atoms with Crippen molar-refractivity contribution >= 4 is 23.2 Å². The first kappa shape index (κ1) is 16.9. The maximum Gasteiger partial charge on any atom is 0.397 e. The smallest absolute Gasteiger partial charge is 0.371 e. The Morgan fingerprint density at radius 1 is 1.45 bits per heavy atom. The first-order chi connectivity index (χ1) is 10.2. The largest absolute Gasteiger partial charge is 0.397 e. The summed E-state index contributed by atoms with van der Waals surface area (Å²) in [5.74, 6) is -0.819. The topological polar surface area (TPSA) is 32.3 Å². The van der Waals surface area contributed by atoms with Crippen molar-refractivity contribution in [2.24, 2.45) is 5.92 Å². The number of benzene rings is 1. The van der Waals surface area contributed by atoms with Crippen LogP contribution in [0.1, 0.15) is 18.4 Å². The minimum absolute atomic E-state index is 0.149. The van der Waals surface area contributed by atoms with E-state index in [4.69, 9.17) is 11.6 Å². The molecule has 1 fully saturated rings. The number of halogens is 4. The molecule has 1 amide bonds. The van der Waals surface area contributed by atoms with Gasteiger partial charge in [-0.05, 0) is 37.0 Å². The Morgan fingerprint density at radius 3 is 2.86 bits per heavy atom. The van der Waals surface area contributed by atoms with Gasteiger partial charge in [0.2, 0.25) is 5.91 Å². The van der Waals surface area contributed by atoms with Gasteiger partial charge in [-0.25, -0.2) is 0 Å². The van der Waals surface area contributed by atoms with Crippen molar-refractivity contribution in [1.29, 1.82) is 0 Å². The molecule has 0 radical (unpaired) electrons. The molecule has 0 saturated carbocycles. The molecular weight excluding hydrogens is 317 g/mol. The van der Waals surface area contributed by atoms with Crippen molar-refractivity contribution in [3.8, 4) is 0 Å². The molecule has 1 aromatic rings. The predicted octanol–water partition coefficient (Wildman–Crippen LogP) is 3.54. The summed E-state index contributed by atoms with van der Waals surface area (Å²) in [6.45, 7) is 3.77. The second kappa shape index (κ2) is 6.77. The Balaban J connectivity index is 1.85. The SMILES string of the molecule is Cc1ccc(Cl)cc1N1CC[C@@H](CNC(=O)CC(F)(F)F)C1. The Labute approximate surface area is 132 Å². The first-order valence-electron chi connectivity index (χ1n) is 7.09. The maximum absolute atomic E-state index is 12.1. The van der Waals surface area contributed by atoms with Gasteiger partial charge in [0, 0.05) is 30.3 Å². The van der Waals surface area contributed by atoms with Gasteiger partial charge >= 0.3 is 6.18 Å². The Hall–Kier alpha value is -1.43. The van der Waals surface area contributed by atoms with Crippen LogP contribution in [0.2, 0.25) is 5.02 Å². The number of nitrogens with one attached hydrogen (secondary N) is 1. The van der Waals surface area contributed by atoms with Crippen LogP contribution in [0.15, 0.2) is 18.2 Å². The van der Waals surface area contributed by atoms with Crippen molar-refractivity contribution in [2.45, 2.75) is 25.9 Å². The summed E-state index contributed by atoms with van der Waals surface area (Å²) in [7, 11) is 0. The molecule has 0 aromatic heterocycles. The monoisotopic (exact) mass is 334 g/mol. The average Bonchev–Trinajstić information content (AvgIpc) is 2.86. The van der Waals surface area contributed by atoms with E-state index >= 15 is 0 Å². The number of aryl methyl sites for hydroxylation is 1. The van der Waals surface area contributed by atoms with Crippen molar-refractivity contribution < 1.29 is 18.0 Å². The molecule has 1 aromatic carbocycles.